The van der Waals surface area contributed by atoms with Crippen LogP contribution < -0.4 is 11.1 Å². The van der Waals surface area contributed by atoms with E-state index in [0.717, 1.165) is 5.56 Å². The van der Waals surface area contributed by atoms with Crippen molar-refractivity contribution in [3.05, 3.63) is 35.9 Å². The van der Waals surface area contributed by atoms with Gasteiger partial charge in [-0.15, -0.1) is 0 Å². The quantitative estimate of drug-likeness (QED) is 0.777. The van der Waals surface area contributed by atoms with Crippen molar-refractivity contribution in [2.75, 3.05) is 26.7 Å². The van der Waals surface area contributed by atoms with Crippen LogP contribution in [-0.4, -0.2) is 49.6 Å². The van der Waals surface area contributed by atoms with Gasteiger partial charge in [0.05, 0.1) is 12.5 Å². The van der Waals surface area contributed by atoms with Gasteiger partial charge in [-0.2, -0.15) is 0 Å². The van der Waals surface area contributed by atoms with E-state index < -0.39 is 0 Å². The highest BCUT2D eigenvalue weighted by molar-refractivity contribution is 5.80. The number of hydrogen-bond donors (Lipinski definition) is 2. The number of nitrogens with two attached hydrogens (primary N) is 1. The summed E-state index contributed by atoms with van der Waals surface area (Å²) in [5, 5.41) is 2.98. The largest absolute Gasteiger partial charge is 0.380 e. The summed E-state index contributed by atoms with van der Waals surface area (Å²) >= 11 is 0. The number of amides is 2. The molecule has 2 amide bonds. The second-order valence-corrected chi connectivity index (χ2v) is 6.16. The molecule has 6 nitrogen and oxygen atoms in total. The van der Waals surface area contributed by atoms with Crippen molar-refractivity contribution < 1.29 is 14.3 Å². The Kier molecular flexibility index (Phi) is 7.21. The smallest absolute Gasteiger partial charge is 0.225 e. The Morgan fingerprint density at radius 2 is 1.96 bits per heavy atom. The highest BCUT2D eigenvalue weighted by atomic mass is 16.5. The van der Waals surface area contributed by atoms with E-state index in [1.54, 1.807) is 7.11 Å². The van der Waals surface area contributed by atoms with Crippen LogP contribution in [0.5, 0.6) is 0 Å². The molecule has 1 atom stereocenters. The second kappa shape index (κ2) is 9.39. The van der Waals surface area contributed by atoms with Crippen LogP contribution in [-0.2, 0) is 20.9 Å². The molecule has 0 bridgehead atoms. The van der Waals surface area contributed by atoms with Crippen molar-refractivity contribution in [3.63, 3.8) is 0 Å². The van der Waals surface area contributed by atoms with Gasteiger partial charge in [-0.05, 0) is 18.4 Å². The fourth-order valence-electron chi connectivity index (χ4n) is 2.91. The van der Waals surface area contributed by atoms with Gasteiger partial charge in [0.15, 0.2) is 0 Å². The van der Waals surface area contributed by atoms with E-state index in [-0.39, 0.29) is 23.8 Å². The average Bonchev–Trinajstić information content (AvgIpc) is 2.65. The van der Waals surface area contributed by atoms with Gasteiger partial charge >= 0.3 is 0 Å². The minimum atomic E-state index is -0.232. The van der Waals surface area contributed by atoms with Crippen molar-refractivity contribution in [1.29, 1.82) is 0 Å². The lowest BCUT2D eigenvalue weighted by Gasteiger charge is -2.32. The first kappa shape index (κ1) is 18.4. The Hall–Kier alpha value is -1.92. The third-order valence-electron chi connectivity index (χ3n) is 4.53. The standard InChI is InChI=1S/C18H27N3O3/c1-24-16(12-19)11-17(22)21-9-7-15(8-10-21)18(23)20-13-14-5-3-2-4-6-14/h2-6,15-16H,7-13,19H2,1H3,(H,20,23). The maximum atomic E-state index is 12.3. The summed E-state index contributed by atoms with van der Waals surface area (Å²) in [7, 11) is 1.56. The number of nitrogens with one attached hydrogen (secondary N) is 1. The summed E-state index contributed by atoms with van der Waals surface area (Å²) in [6, 6.07) is 9.85. The van der Waals surface area contributed by atoms with Gasteiger partial charge in [-0.25, -0.2) is 0 Å². The molecule has 3 N–H and O–H groups in total. The van der Waals surface area contributed by atoms with Gasteiger partial charge in [-0.1, -0.05) is 30.3 Å². The van der Waals surface area contributed by atoms with Crippen LogP contribution in [0, 0.1) is 5.92 Å². The number of hydrogen-bond acceptors (Lipinski definition) is 4. The summed E-state index contributed by atoms with van der Waals surface area (Å²) in [4.78, 5) is 26.3. The minimum absolute atomic E-state index is 0.0227. The van der Waals surface area contributed by atoms with E-state index in [0.29, 0.717) is 45.4 Å². The lowest BCUT2D eigenvalue weighted by molar-refractivity contribution is -0.137. The number of likely N-dealkylation sites (tertiary alicyclic amines) is 1. The Labute approximate surface area is 143 Å². The Morgan fingerprint density at radius 3 is 2.54 bits per heavy atom. The number of nitrogens with zero attached hydrogens (tertiary/aromatic N) is 1. The molecule has 1 saturated heterocycles. The van der Waals surface area contributed by atoms with Crippen LogP contribution in [0.2, 0.25) is 0 Å². The maximum absolute atomic E-state index is 12.3. The number of carbonyl (C=O) groups excluding carboxylic acids is 2. The number of rotatable bonds is 7. The van der Waals surface area contributed by atoms with Gasteiger partial charge in [0, 0.05) is 39.2 Å². The SMILES string of the molecule is COC(CN)CC(=O)N1CCC(C(=O)NCc2ccccc2)CC1. The monoisotopic (exact) mass is 333 g/mol. The Balaban J connectivity index is 1.73. The number of piperidine rings is 1. The van der Waals surface area contributed by atoms with Crippen LogP contribution in [0.4, 0.5) is 0 Å². The highest BCUT2D eigenvalue weighted by Crippen LogP contribution is 2.18. The molecule has 0 aromatic heterocycles. The van der Waals surface area contributed by atoms with Gasteiger partial charge in [0.2, 0.25) is 11.8 Å². The number of methoxy groups -OCH3 is 1. The van der Waals surface area contributed by atoms with E-state index in [4.69, 9.17) is 10.5 Å². The van der Waals surface area contributed by atoms with E-state index in [1.165, 1.54) is 0 Å². The normalized spacial score (nSPS) is 16.7. The molecule has 1 aliphatic rings. The zero-order valence-electron chi connectivity index (χ0n) is 14.2. The zero-order valence-corrected chi connectivity index (χ0v) is 14.2. The van der Waals surface area contributed by atoms with Crippen LogP contribution in [0.15, 0.2) is 30.3 Å². The molecule has 1 unspecified atom stereocenters. The number of ether oxygens (including phenoxy) is 1. The summed E-state index contributed by atoms with van der Waals surface area (Å²) in [5.41, 5.74) is 6.64. The number of carbonyl (C=O) groups is 2. The first-order valence-corrected chi connectivity index (χ1v) is 8.46. The van der Waals surface area contributed by atoms with Crippen molar-refractivity contribution in [3.8, 4) is 0 Å². The third kappa shape index (κ3) is 5.32. The molecule has 0 aliphatic carbocycles. The maximum Gasteiger partial charge on any atom is 0.225 e. The topological polar surface area (TPSA) is 84.7 Å². The molecule has 24 heavy (non-hydrogen) atoms. The van der Waals surface area contributed by atoms with Crippen molar-refractivity contribution >= 4 is 11.8 Å². The molecule has 1 aromatic carbocycles. The molecule has 1 aliphatic heterocycles. The molecule has 1 fully saturated rings. The van der Waals surface area contributed by atoms with Crippen LogP contribution >= 0.6 is 0 Å². The molecule has 1 heterocycles. The van der Waals surface area contributed by atoms with E-state index >= 15 is 0 Å². The molecule has 6 heteroatoms. The summed E-state index contributed by atoms with van der Waals surface area (Å²) in [5.74, 6) is 0.101. The average molecular weight is 333 g/mol. The molecule has 1 aromatic rings. The first-order chi connectivity index (χ1) is 11.6. The summed E-state index contributed by atoms with van der Waals surface area (Å²) in [6.07, 6.45) is 1.47. The van der Waals surface area contributed by atoms with E-state index in [2.05, 4.69) is 5.32 Å². The van der Waals surface area contributed by atoms with E-state index in [1.807, 2.05) is 35.2 Å². The Morgan fingerprint density at radius 1 is 1.29 bits per heavy atom. The van der Waals surface area contributed by atoms with Gasteiger partial charge in [0.1, 0.15) is 0 Å². The fourth-order valence-corrected chi connectivity index (χ4v) is 2.91. The Bertz CT molecular complexity index is 524. The fraction of sp³-hybridized carbons (Fsp3) is 0.556. The van der Waals surface area contributed by atoms with Crippen LogP contribution in [0.25, 0.3) is 0 Å². The zero-order chi connectivity index (χ0) is 17.4. The molecule has 0 spiro atoms. The lowest BCUT2D eigenvalue weighted by atomic mass is 9.95. The predicted octanol–water partition coefficient (Wildman–Crippen LogP) is 0.905. The van der Waals surface area contributed by atoms with Gasteiger partial charge < -0.3 is 20.7 Å². The van der Waals surface area contributed by atoms with Gasteiger partial charge in [0.25, 0.3) is 0 Å². The van der Waals surface area contributed by atoms with Crippen molar-refractivity contribution in [2.45, 2.75) is 31.9 Å². The van der Waals surface area contributed by atoms with Crippen LogP contribution in [0.3, 0.4) is 0 Å². The first-order valence-electron chi connectivity index (χ1n) is 8.46. The molecule has 0 saturated carbocycles. The number of benzene rings is 1. The highest BCUT2D eigenvalue weighted by Gasteiger charge is 2.28. The van der Waals surface area contributed by atoms with Gasteiger partial charge in [-0.3, -0.25) is 9.59 Å². The molecule has 132 valence electrons. The van der Waals surface area contributed by atoms with E-state index in [9.17, 15) is 9.59 Å². The molecular formula is C18H27N3O3. The second-order valence-electron chi connectivity index (χ2n) is 6.16. The minimum Gasteiger partial charge on any atom is -0.380 e. The molecule has 2 rings (SSSR count). The lowest BCUT2D eigenvalue weighted by Crippen LogP contribution is -2.44. The predicted molar refractivity (Wildman–Crippen MR) is 92.1 cm³/mol. The molecule has 0 radical (unpaired) electrons. The van der Waals surface area contributed by atoms with Crippen molar-refractivity contribution in [2.24, 2.45) is 11.7 Å². The summed E-state index contributed by atoms with van der Waals surface area (Å²) in [6.45, 7) is 2.11. The third-order valence-corrected chi connectivity index (χ3v) is 4.53. The molecular weight excluding hydrogens is 306 g/mol. The summed E-state index contributed by atoms with van der Waals surface area (Å²) < 4.78 is 5.16. The van der Waals surface area contributed by atoms with Crippen molar-refractivity contribution in [1.82, 2.24) is 10.2 Å². The van der Waals surface area contributed by atoms with Crippen LogP contribution in [0.1, 0.15) is 24.8 Å².